The summed E-state index contributed by atoms with van der Waals surface area (Å²) >= 11 is 0. The summed E-state index contributed by atoms with van der Waals surface area (Å²) in [6.07, 6.45) is 1.83. The lowest BCUT2D eigenvalue weighted by Gasteiger charge is -2.13. The molecule has 0 unspecified atom stereocenters. The number of rotatable bonds is 1. The molecule has 0 bridgehead atoms. The van der Waals surface area contributed by atoms with E-state index in [0.717, 1.165) is 19.4 Å². The van der Waals surface area contributed by atoms with Crippen LogP contribution in [0.4, 0.5) is 0 Å². The van der Waals surface area contributed by atoms with Crippen LogP contribution in [0.3, 0.4) is 0 Å². The number of carboxylic acid groups (broad SMARTS) is 1. The Kier molecular flexibility index (Phi) is 3.32. The molecule has 4 heteroatoms. The van der Waals surface area contributed by atoms with E-state index in [2.05, 4.69) is 0 Å². The van der Waals surface area contributed by atoms with Crippen molar-refractivity contribution < 1.29 is 15.4 Å². The summed E-state index contributed by atoms with van der Waals surface area (Å²) in [5.74, 6) is -0.685. The van der Waals surface area contributed by atoms with Gasteiger partial charge in [0.1, 0.15) is 6.04 Å². The molecule has 0 amide bonds. The van der Waals surface area contributed by atoms with E-state index in [1.165, 1.54) is 0 Å². The third kappa shape index (κ3) is 1.68. The summed E-state index contributed by atoms with van der Waals surface area (Å²) < 4.78 is 0. The fourth-order valence-corrected chi connectivity index (χ4v) is 1.22. The Morgan fingerprint density at radius 3 is 2.50 bits per heavy atom. The minimum Gasteiger partial charge on any atom is -0.480 e. The number of aliphatic carboxylic acids is 1. The molecule has 10 heavy (non-hydrogen) atoms. The van der Waals surface area contributed by atoms with Crippen LogP contribution in [-0.2, 0) is 4.79 Å². The lowest BCUT2D eigenvalue weighted by atomic mass is 10.2. The van der Waals surface area contributed by atoms with Crippen molar-refractivity contribution in [1.82, 2.24) is 4.90 Å². The van der Waals surface area contributed by atoms with Crippen molar-refractivity contribution in [3.05, 3.63) is 0 Å². The predicted molar refractivity (Wildman–Crippen MR) is 36.9 cm³/mol. The van der Waals surface area contributed by atoms with Gasteiger partial charge in [0.15, 0.2) is 0 Å². The predicted octanol–water partition coefficient (Wildman–Crippen LogP) is -0.659. The van der Waals surface area contributed by atoms with Crippen molar-refractivity contribution in [2.75, 3.05) is 13.6 Å². The van der Waals surface area contributed by atoms with E-state index in [9.17, 15) is 4.79 Å². The van der Waals surface area contributed by atoms with Gasteiger partial charge in [-0.2, -0.15) is 0 Å². The van der Waals surface area contributed by atoms with Crippen LogP contribution in [-0.4, -0.2) is 41.1 Å². The molecule has 1 rings (SSSR count). The van der Waals surface area contributed by atoms with Crippen LogP contribution in [0.5, 0.6) is 0 Å². The highest BCUT2D eigenvalue weighted by atomic mass is 16.4. The summed E-state index contributed by atoms with van der Waals surface area (Å²) in [6.45, 7) is 0.928. The monoisotopic (exact) mass is 147 g/mol. The topological polar surface area (TPSA) is 72.0 Å². The molecule has 0 aromatic heterocycles. The fourth-order valence-electron chi connectivity index (χ4n) is 1.22. The zero-order valence-corrected chi connectivity index (χ0v) is 6.00. The van der Waals surface area contributed by atoms with Gasteiger partial charge in [0.05, 0.1) is 0 Å². The summed E-state index contributed by atoms with van der Waals surface area (Å²) in [5, 5.41) is 8.54. The largest absolute Gasteiger partial charge is 0.480 e. The van der Waals surface area contributed by atoms with Crippen LogP contribution in [0.1, 0.15) is 12.8 Å². The zero-order chi connectivity index (χ0) is 6.85. The van der Waals surface area contributed by atoms with Gasteiger partial charge < -0.3 is 10.6 Å². The van der Waals surface area contributed by atoms with Gasteiger partial charge in [-0.1, -0.05) is 0 Å². The van der Waals surface area contributed by atoms with Gasteiger partial charge in [-0.05, 0) is 26.4 Å². The number of nitrogens with zero attached hydrogens (tertiary/aromatic N) is 1. The van der Waals surface area contributed by atoms with Crippen LogP contribution in [0.15, 0.2) is 0 Å². The highest BCUT2D eigenvalue weighted by Gasteiger charge is 2.26. The van der Waals surface area contributed by atoms with Crippen molar-refractivity contribution in [3.8, 4) is 0 Å². The molecule has 0 saturated carbocycles. The number of hydrogen-bond acceptors (Lipinski definition) is 2. The number of likely N-dealkylation sites (N-methyl/N-ethyl adjacent to an activating group) is 1. The Balaban J connectivity index is 0.000000810. The van der Waals surface area contributed by atoms with Gasteiger partial charge >= 0.3 is 5.97 Å². The van der Waals surface area contributed by atoms with Gasteiger partial charge in [-0.15, -0.1) is 0 Å². The lowest BCUT2D eigenvalue weighted by molar-refractivity contribution is -0.141. The molecule has 0 aromatic carbocycles. The molecule has 1 fully saturated rings. The second kappa shape index (κ2) is 3.53. The van der Waals surface area contributed by atoms with E-state index < -0.39 is 5.97 Å². The molecule has 0 aliphatic carbocycles. The third-order valence-corrected chi connectivity index (χ3v) is 1.81. The smallest absolute Gasteiger partial charge is 0.320 e. The molecule has 3 N–H and O–H groups in total. The summed E-state index contributed by atoms with van der Waals surface area (Å²) in [4.78, 5) is 12.2. The van der Waals surface area contributed by atoms with Crippen molar-refractivity contribution >= 4 is 5.97 Å². The summed E-state index contributed by atoms with van der Waals surface area (Å²) in [7, 11) is 1.85. The minimum absolute atomic E-state index is 0. The molecule has 0 spiro atoms. The number of hydrogen-bond donors (Lipinski definition) is 1. The Morgan fingerprint density at radius 1 is 1.70 bits per heavy atom. The Hall–Kier alpha value is -0.610. The number of carbonyl (C=O) groups is 1. The fraction of sp³-hybridized carbons (Fsp3) is 0.833. The maximum atomic E-state index is 10.4. The van der Waals surface area contributed by atoms with Gasteiger partial charge in [-0.25, -0.2) is 0 Å². The van der Waals surface area contributed by atoms with E-state index >= 15 is 0 Å². The molecule has 1 heterocycles. The molecular weight excluding hydrogens is 134 g/mol. The number of likely N-dealkylation sites (tertiary alicyclic amines) is 1. The molecule has 1 saturated heterocycles. The molecular formula is C6H13NO3. The standard InChI is InChI=1S/C6H11NO2.H2O/c1-7-4-2-3-5(7)6(8)9;/h5H,2-4H2,1H3,(H,8,9);1H2/t5-;/m0./s1. The zero-order valence-electron chi connectivity index (χ0n) is 6.00. The molecule has 0 radical (unpaired) electrons. The Labute approximate surface area is 59.8 Å². The molecule has 1 aliphatic heterocycles. The van der Waals surface area contributed by atoms with Crippen LogP contribution in [0, 0.1) is 0 Å². The second-order valence-electron chi connectivity index (χ2n) is 2.48. The molecule has 0 aromatic rings. The van der Waals surface area contributed by atoms with E-state index in [0.29, 0.717) is 0 Å². The van der Waals surface area contributed by atoms with Gasteiger partial charge in [-0.3, -0.25) is 9.69 Å². The highest BCUT2D eigenvalue weighted by molar-refractivity contribution is 5.73. The van der Waals surface area contributed by atoms with E-state index in [4.69, 9.17) is 5.11 Å². The van der Waals surface area contributed by atoms with Crippen molar-refractivity contribution in [2.45, 2.75) is 18.9 Å². The first kappa shape index (κ1) is 9.39. The average molecular weight is 147 g/mol. The highest BCUT2D eigenvalue weighted by Crippen LogP contribution is 2.13. The van der Waals surface area contributed by atoms with Gasteiger partial charge in [0.25, 0.3) is 0 Å². The van der Waals surface area contributed by atoms with Crippen LogP contribution < -0.4 is 0 Å². The van der Waals surface area contributed by atoms with Crippen LogP contribution in [0.25, 0.3) is 0 Å². The van der Waals surface area contributed by atoms with E-state index in [1.807, 2.05) is 11.9 Å². The van der Waals surface area contributed by atoms with Gasteiger partial charge in [0, 0.05) is 0 Å². The van der Waals surface area contributed by atoms with Crippen molar-refractivity contribution in [2.24, 2.45) is 0 Å². The van der Waals surface area contributed by atoms with Crippen LogP contribution >= 0.6 is 0 Å². The quantitative estimate of drug-likeness (QED) is 0.535. The van der Waals surface area contributed by atoms with Crippen LogP contribution in [0.2, 0.25) is 0 Å². The normalized spacial score (nSPS) is 25.9. The summed E-state index contributed by atoms with van der Waals surface area (Å²) in [6, 6.07) is -0.218. The molecule has 4 nitrogen and oxygen atoms in total. The number of carboxylic acids is 1. The minimum atomic E-state index is -0.685. The molecule has 60 valence electrons. The first-order valence-corrected chi connectivity index (χ1v) is 3.15. The maximum Gasteiger partial charge on any atom is 0.320 e. The summed E-state index contributed by atoms with van der Waals surface area (Å²) in [5.41, 5.74) is 0. The SMILES string of the molecule is CN1CCC[C@H]1C(=O)O.O. The lowest BCUT2D eigenvalue weighted by Crippen LogP contribution is -2.32. The average Bonchev–Trinajstić information content (AvgIpc) is 2.13. The van der Waals surface area contributed by atoms with Crippen molar-refractivity contribution in [1.29, 1.82) is 0 Å². The Morgan fingerprint density at radius 2 is 2.30 bits per heavy atom. The first-order chi connectivity index (χ1) is 4.22. The van der Waals surface area contributed by atoms with Gasteiger partial charge in [0.2, 0.25) is 0 Å². The molecule has 1 aliphatic rings. The van der Waals surface area contributed by atoms with E-state index in [-0.39, 0.29) is 11.5 Å². The second-order valence-corrected chi connectivity index (χ2v) is 2.48. The maximum absolute atomic E-state index is 10.4. The van der Waals surface area contributed by atoms with Crippen molar-refractivity contribution in [3.63, 3.8) is 0 Å². The molecule has 1 atom stereocenters. The first-order valence-electron chi connectivity index (χ1n) is 3.15. The van der Waals surface area contributed by atoms with E-state index in [1.54, 1.807) is 0 Å². The Bertz CT molecular complexity index is 126. The third-order valence-electron chi connectivity index (χ3n) is 1.81.